The van der Waals surface area contributed by atoms with Gasteiger partial charge in [0.05, 0.1) is 12.2 Å². The Balaban J connectivity index is 1.46. The molecule has 22 heavy (non-hydrogen) atoms. The minimum atomic E-state index is -0.234. The maximum atomic E-state index is 12.2. The number of furan rings is 1. The van der Waals surface area contributed by atoms with Gasteiger partial charge in [-0.05, 0) is 31.0 Å². The first-order valence-corrected chi connectivity index (χ1v) is 7.37. The molecule has 1 amide bonds. The highest BCUT2D eigenvalue weighted by Gasteiger charge is 2.25. The van der Waals surface area contributed by atoms with Gasteiger partial charge in [0.25, 0.3) is 5.91 Å². The van der Waals surface area contributed by atoms with Gasteiger partial charge in [-0.2, -0.15) is 0 Å². The average molecular weight is 293 g/mol. The number of aromatic nitrogens is 2. The Kier molecular flexibility index (Phi) is 3.11. The molecule has 5 nitrogen and oxygen atoms in total. The average Bonchev–Trinajstić information content (AvgIpc) is 3.31. The molecule has 0 bridgehead atoms. The van der Waals surface area contributed by atoms with Crippen LogP contribution in [0.2, 0.25) is 0 Å². The number of carbonyl (C=O) groups is 1. The summed E-state index contributed by atoms with van der Waals surface area (Å²) in [5, 5.41) is 3.76. The third-order valence-corrected chi connectivity index (χ3v) is 3.82. The van der Waals surface area contributed by atoms with Crippen molar-refractivity contribution in [2.75, 3.05) is 0 Å². The van der Waals surface area contributed by atoms with Gasteiger partial charge in [-0.15, -0.1) is 0 Å². The van der Waals surface area contributed by atoms with E-state index in [1.807, 2.05) is 30.3 Å². The second kappa shape index (κ2) is 5.26. The van der Waals surface area contributed by atoms with E-state index in [0.717, 1.165) is 16.8 Å². The molecule has 0 saturated heterocycles. The molecule has 2 heterocycles. The monoisotopic (exact) mass is 293 g/mol. The molecule has 1 saturated carbocycles. The van der Waals surface area contributed by atoms with E-state index in [9.17, 15) is 4.79 Å². The fourth-order valence-corrected chi connectivity index (χ4v) is 2.47. The van der Waals surface area contributed by atoms with Crippen LogP contribution < -0.4 is 5.32 Å². The predicted molar refractivity (Wildman–Crippen MR) is 81.4 cm³/mol. The zero-order valence-electron chi connectivity index (χ0n) is 12.0. The van der Waals surface area contributed by atoms with E-state index >= 15 is 0 Å². The van der Waals surface area contributed by atoms with Crippen LogP contribution in [0.1, 0.15) is 40.7 Å². The molecule has 110 valence electrons. The summed E-state index contributed by atoms with van der Waals surface area (Å²) >= 11 is 0. The lowest BCUT2D eigenvalue weighted by atomic mass is 10.2. The smallest absolute Gasteiger partial charge is 0.287 e. The van der Waals surface area contributed by atoms with E-state index in [-0.39, 0.29) is 5.91 Å². The van der Waals surface area contributed by atoms with E-state index < -0.39 is 0 Å². The lowest BCUT2D eigenvalue weighted by Gasteiger charge is -2.04. The highest BCUT2D eigenvalue weighted by molar-refractivity contribution is 5.95. The van der Waals surface area contributed by atoms with Crippen LogP contribution in [0.25, 0.3) is 11.0 Å². The summed E-state index contributed by atoms with van der Waals surface area (Å²) in [5.74, 6) is 0.660. The topological polar surface area (TPSA) is 68.0 Å². The molecule has 1 aromatic carbocycles. The molecule has 0 unspecified atom stereocenters. The minimum Gasteiger partial charge on any atom is -0.451 e. The molecular weight excluding hydrogens is 278 g/mol. The summed E-state index contributed by atoms with van der Waals surface area (Å²) in [4.78, 5) is 20.6. The highest BCUT2D eigenvalue weighted by Crippen LogP contribution is 2.38. The fraction of sp³-hybridized carbons (Fsp3) is 0.235. The van der Waals surface area contributed by atoms with Gasteiger partial charge in [-0.1, -0.05) is 18.2 Å². The first kappa shape index (κ1) is 13.0. The molecule has 5 heteroatoms. The van der Waals surface area contributed by atoms with Crippen molar-refractivity contribution in [3.05, 3.63) is 59.9 Å². The summed E-state index contributed by atoms with van der Waals surface area (Å²) in [6.45, 7) is 0.373. The number of nitrogens with zero attached hydrogens (tertiary/aromatic N) is 2. The van der Waals surface area contributed by atoms with Crippen molar-refractivity contribution in [2.45, 2.75) is 25.3 Å². The summed E-state index contributed by atoms with van der Waals surface area (Å²) in [6.07, 6.45) is 3.96. The molecule has 4 rings (SSSR count). The summed E-state index contributed by atoms with van der Waals surface area (Å²) in [6, 6.07) is 11.3. The van der Waals surface area contributed by atoms with Crippen molar-refractivity contribution < 1.29 is 9.21 Å². The number of hydrogen-bond acceptors (Lipinski definition) is 4. The summed E-state index contributed by atoms with van der Waals surface area (Å²) in [5.41, 5.74) is 2.61. The molecule has 0 atom stereocenters. The van der Waals surface area contributed by atoms with Gasteiger partial charge in [-0.25, -0.2) is 9.97 Å². The molecule has 0 spiro atoms. The number of rotatable bonds is 4. The Bertz CT molecular complexity index is 804. The molecule has 1 aliphatic carbocycles. The number of para-hydroxylation sites is 1. The highest BCUT2D eigenvalue weighted by atomic mass is 16.3. The van der Waals surface area contributed by atoms with Crippen LogP contribution in [-0.4, -0.2) is 15.9 Å². The third-order valence-electron chi connectivity index (χ3n) is 3.82. The largest absolute Gasteiger partial charge is 0.451 e. The van der Waals surface area contributed by atoms with Crippen molar-refractivity contribution in [1.29, 1.82) is 0 Å². The van der Waals surface area contributed by atoms with Gasteiger partial charge in [0, 0.05) is 17.0 Å². The molecule has 3 aromatic rings. The first-order valence-electron chi connectivity index (χ1n) is 7.37. The van der Waals surface area contributed by atoms with Gasteiger partial charge < -0.3 is 9.73 Å². The standard InChI is InChI=1S/C17H15N3O2/c21-17(16-7-12-3-1-2-4-15(12)22-16)18-9-13-8-14(11-5-6-11)20-10-19-13/h1-4,7-8,10-11H,5-6,9H2,(H,18,21). The van der Waals surface area contributed by atoms with Gasteiger partial charge in [0.15, 0.2) is 5.76 Å². The second-order valence-corrected chi connectivity index (χ2v) is 5.54. The molecule has 1 aliphatic rings. The van der Waals surface area contributed by atoms with Crippen LogP contribution in [0.15, 0.2) is 47.1 Å². The van der Waals surface area contributed by atoms with Gasteiger partial charge in [-0.3, -0.25) is 4.79 Å². The van der Waals surface area contributed by atoms with E-state index in [1.54, 1.807) is 12.4 Å². The van der Waals surface area contributed by atoms with Crippen molar-refractivity contribution in [2.24, 2.45) is 0 Å². The summed E-state index contributed by atoms with van der Waals surface area (Å²) < 4.78 is 5.55. The molecular formula is C17H15N3O2. The number of benzene rings is 1. The van der Waals surface area contributed by atoms with Crippen LogP contribution in [0.3, 0.4) is 0 Å². The SMILES string of the molecule is O=C(NCc1cc(C2CC2)ncn1)c1cc2ccccc2o1. The van der Waals surface area contributed by atoms with Crippen LogP contribution >= 0.6 is 0 Å². The van der Waals surface area contributed by atoms with Crippen LogP contribution in [0, 0.1) is 0 Å². The number of hydrogen-bond donors (Lipinski definition) is 1. The van der Waals surface area contributed by atoms with E-state index in [1.165, 1.54) is 12.8 Å². The maximum absolute atomic E-state index is 12.2. The predicted octanol–water partition coefficient (Wildman–Crippen LogP) is 3.03. The Morgan fingerprint density at radius 1 is 1.23 bits per heavy atom. The van der Waals surface area contributed by atoms with E-state index in [4.69, 9.17) is 4.42 Å². The van der Waals surface area contributed by atoms with Crippen molar-refractivity contribution in [1.82, 2.24) is 15.3 Å². The Morgan fingerprint density at radius 3 is 2.91 bits per heavy atom. The fourth-order valence-electron chi connectivity index (χ4n) is 2.47. The third kappa shape index (κ3) is 2.57. The number of nitrogens with one attached hydrogen (secondary N) is 1. The van der Waals surface area contributed by atoms with Crippen LogP contribution in [0.5, 0.6) is 0 Å². The van der Waals surface area contributed by atoms with Gasteiger partial charge in [0.1, 0.15) is 11.9 Å². The Morgan fingerprint density at radius 2 is 2.09 bits per heavy atom. The lowest BCUT2D eigenvalue weighted by molar-refractivity contribution is 0.0925. The van der Waals surface area contributed by atoms with Crippen molar-refractivity contribution in [3.63, 3.8) is 0 Å². The van der Waals surface area contributed by atoms with Crippen molar-refractivity contribution in [3.8, 4) is 0 Å². The Hall–Kier alpha value is -2.69. The van der Waals surface area contributed by atoms with Crippen LogP contribution in [-0.2, 0) is 6.54 Å². The number of carbonyl (C=O) groups excluding carboxylic acids is 1. The van der Waals surface area contributed by atoms with Crippen LogP contribution in [0.4, 0.5) is 0 Å². The molecule has 1 N–H and O–H groups in total. The number of fused-ring (bicyclic) bond motifs is 1. The van der Waals surface area contributed by atoms with Gasteiger partial charge in [0.2, 0.25) is 0 Å². The van der Waals surface area contributed by atoms with Crippen molar-refractivity contribution >= 4 is 16.9 Å². The zero-order valence-corrected chi connectivity index (χ0v) is 12.0. The van der Waals surface area contributed by atoms with E-state index in [2.05, 4.69) is 15.3 Å². The first-order chi connectivity index (χ1) is 10.8. The molecule has 2 aromatic heterocycles. The minimum absolute atomic E-state index is 0.234. The number of amides is 1. The quantitative estimate of drug-likeness (QED) is 0.803. The normalized spacial score (nSPS) is 14.2. The summed E-state index contributed by atoms with van der Waals surface area (Å²) in [7, 11) is 0. The molecule has 1 fully saturated rings. The molecule has 0 aliphatic heterocycles. The molecule has 0 radical (unpaired) electrons. The Labute approximate surface area is 127 Å². The maximum Gasteiger partial charge on any atom is 0.287 e. The van der Waals surface area contributed by atoms with Gasteiger partial charge >= 0.3 is 0 Å². The second-order valence-electron chi connectivity index (χ2n) is 5.54. The lowest BCUT2D eigenvalue weighted by Crippen LogP contribution is -2.22. The zero-order chi connectivity index (χ0) is 14.9. The van der Waals surface area contributed by atoms with E-state index in [0.29, 0.717) is 23.8 Å².